The van der Waals surface area contributed by atoms with Gasteiger partial charge in [-0.05, 0) is 34.7 Å². The van der Waals surface area contributed by atoms with Crippen LogP contribution in [0.2, 0.25) is 0 Å². The van der Waals surface area contributed by atoms with Gasteiger partial charge in [-0.2, -0.15) is 0 Å². The number of carboxylic acid groups (broad SMARTS) is 1. The van der Waals surface area contributed by atoms with E-state index in [2.05, 4.69) is 25.9 Å². The van der Waals surface area contributed by atoms with E-state index in [0.29, 0.717) is 16.2 Å². The summed E-state index contributed by atoms with van der Waals surface area (Å²) in [5.74, 6) is -0.217. The standard InChI is InChI=1S/C13H17BrN2O3/c1-19-11(8-5-3-2-4-6-8)12-15-7-9(14)10(16-12)13(17)18/h7-8,11H,2-6H2,1H3,(H,17,18). The van der Waals surface area contributed by atoms with Crippen LogP contribution >= 0.6 is 15.9 Å². The van der Waals surface area contributed by atoms with Crippen LogP contribution in [0.5, 0.6) is 0 Å². The summed E-state index contributed by atoms with van der Waals surface area (Å²) in [6.45, 7) is 0. The number of hydrogen-bond donors (Lipinski definition) is 1. The summed E-state index contributed by atoms with van der Waals surface area (Å²) in [7, 11) is 1.63. The number of ether oxygens (including phenoxy) is 1. The fourth-order valence-electron chi connectivity index (χ4n) is 2.61. The molecule has 1 N–H and O–H groups in total. The fraction of sp³-hybridized carbons (Fsp3) is 0.615. The van der Waals surface area contributed by atoms with Gasteiger partial charge in [0.15, 0.2) is 11.5 Å². The summed E-state index contributed by atoms with van der Waals surface area (Å²) in [5, 5.41) is 9.09. The van der Waals surface area contributed by atoms with Crippen LogP contribution in [0, 0.1) is 5.92 Å². The highest BCUT2D eigenvalue weighted by molar-refractivity contribution is 9.10. The first-order valence-electron chi connectivity index (χ1n) is 6.42. The van der Waals surface area contributed by atoms with Gasteiger partial charge >= 0.3 is 5.97 Å². The normalized spacial score (nSPS) is 18.2. The molecule has 2 rings (SSSR count). The van der Waals surface area contributed by atoms with E-state index in [1.807, 2.05) is 0 Å². The quantitative estimate of drug-likeness (QED) is 0.918. The van der Waals surface area contributed by atoms with Crippen molar-refractivity contribution in [3.8, 4) is 0 Å². The van der Waals surface area contributed by atoms with E-state index in [0.717, 1.165) is 12.8 Å². The van der Waals surface area contributed by atoms with Gasteiger partial charge in [0.05, 0.1) is 4.47 Å². The number of carbonyl (C=O) groups is 1. The summed E-state index contributed by atoms with van der Waals surface area (Å²) in [6, 6.07) is 0. The molecule has 0 saturated heterocycles. The number of aromatic carboxylic acids is 1. The molecule has 1 aromatic heterocycles. The molecule has 0 aromatic carbocycles. The molecule has 1 atom stereocenters. The zero-order valence-electron chi connectivity index (χ0n) is 10.8. The molecule has 0 amide bonds. The Morgan fingerprint density at radius 1 is 1.47 bits per heavy atom. The Kier molecular flexibility index (Phi) is 4.87. The lowest BCUT2D eigenvalue weighted by Crippen LogP contribution is -2.21. The van der Waals surface area contributed by atoms with Crippen molar-refractivity contribution in [3.05, 3.63) is 22.2 Å². The fourth-order valence-corrected chi connectivity index (χ4v) is 2.97. The van der Waals surface area contributed by atoms with Crippen LogP contribution in [-0.2, 0) is 4.74 Å². The monoisotopic (exact) mass is 328 g/mol. The molecule has 1 aromatic rings. The highest BCUT2D eigenvalue weighted by Crippen LogP contribution is 2.35. The third-order valence-electron chi connectivity index (χ3n) is 3.55. The predicted molar refractivity (Wildman–Crippen MR) is 73.0 cm³/mol. The minimum Gasteiger partial charge on any atom is -0.476 e. The molecule has 6 heteroatoms. The van der Waals surface area contributed by atoms with E-state index >= 15 is 0 Å². The van der Waals surface area contributed by atoms with Crippen molar-refractivity contribution >= 4 is 21.9 Å². The number of nitrogens with zero attached hydrogens (tertiary/aromatic N) is 2. The largest absolute Gasteiger partial charge is 0.476 e. The predicted octanol–water partition coefficient (Wildman–Crippen LogP) is 3.21. The molecule has 1 fully saturated rings. The smallest absolute Gasteiger partial charge is 0.355 e. The Morgan fingerprint density at radius 3 is 2.74 bits per heavy atom. The molecule has 5 nitrogen and oxygen atoms in total. The van der Waals surface area contributed by atoms with Crippen molar-refractivity contribution in [2.45, 2.75) is 38.2 Å². The van der Waals surface area contributed by atoms with Gasteiger partial charge in [-0.15, -0.1) is 0 Å². The highest BCUT2D eigenvalue weighted by Gasteiger charge is 2.28. The van der Waals surface area contributed by atoms with Crippen molar-refractivity contribution in [1.29, 1.82) is 0 Å². The molecular weight excluding hydrogens is 312 g/mol. The minimum absolute atomic E-state index is 0.0112. The molecule has 1 heterocycles. The van der Waals surface area contributed by atoms with Crippen LogP contribution in [0.25, 0.3) is 0 Å². The van der Waals surface area contributed by atoms with Crippen LogP contribution in [-0.4, -0.2) is 28.2 Å². The number of halogens is 1. The Labute approximate surface area is 120 Å². The van der Waals surface area contributed by atoms with Crippen molar-refractivity contribution < 1.29 is 14.6 Å². The number of carboxylic acids is 1. The maximum absolute atomic E-state index is 11.1. The van der Waals surface area contributed by atoms with Gasteiger partial charge in [0.2, 0.25) is 0 Å². The molecule has 0 radical (unpaired) electrons. The molecule has 104 valence electrons. The van der Waals surface area contributed by atoms with Gasteiger partial charge in [-0.3, -0.25) is 0 Å². The second kappa shape index (κ2) is 6.43. The summed E-state index contributed by atoms with van der Waals surface area (Å²) in [5.41, 5.74) is -0.0112. The van der Waals surface area contributed by atoms with Crippen molar-refractivity contribution in [2.24, 2.45) is 5.92 Å². The second-order valence-corrected chi connectivity index (χ2v) is 5.64. The van der Waals surface area contributed by atoms with Gasteiger partial charge in [0.1, 0.15) is 6.10 Å². The molecule has 0 bridgehead atoms. The first-order valence-corrected chi connectivity index (χ1v) is 7.21. The Hall–Kier alpha value is -1.01. The van der Waals surface area contributed by atoms with Crippen LogP contribution in [0.4, 0.5) is 0 Å². The summed E-state index contributed by atoms with van der Waals surface area (Å²) in [6.07, 6.45) is 7.07. The summed E-state index contributed by atoms with van der Waals surface area (Å²) < 4.78 is 5.91. The van der Waals surface area contributed by atoms with Crippen LogP contribution in [0.3, 0.4) is 0 Å². The van der Waals surface area contributed by atoms with E-state index in [4.69, 9.17) is 9.84 Å². The SMILES string of the molecule is COC(c1ncc(Br)c(C(=O)O)n1)C1CCCCC1. The van der Waals surface area contributed by atoms with Gasteiger partial charge in [0.25, 0.3) is 0 Å². The molecule has 1 aliphatic carbocycles. The first-order chi connectivity index (χ1) is 9.13. The summed E-state index contributed by atoms with van der Waals surface area (Å²) in [4.78, 5) is 19.5. The zero-order chi connectivity index (χ0) is 13.8. The van der Waals surface area contributed by atoms with E-state index in [-0.39, 0.29) is 11.8 Å². The van der Waals surface area contributed by atoms with Crippen LogP contribution in [0.1, 0.15) is 54.5 Å². The molecule has 0 aliphatic heterocycles. The molecule has 1 aliphatic rings. The molecule has 19 heavy (non-hydrogen) atoms. The van der Waals surface area contributed by atoms with Crippen molar-refractivity contribution in [2.75, 3.05) is 7.11 Å². The maximum Gasteiger partial charge on any atom is 0.355 e. The van der Waals surface area contributed by atoms with Gasteiger partial charge in [-0.25, -0.2) is 14.8 Å². The first kappa shape index (κ1) is 14.4. The molecule has 1 saturated carbocycles. The van der Waals surface area contributed by atoms with Crippen LogP contribution < -0.4 is 0 Å². The van der Waals surface area contributed by atoms with E-state index in [1.54, 1.807) is 7.11 Å². The Bertz CT molecular complexity index is 461. The number of hydrogen-bond acceptors (Lipinski definition) is 4. The van der Waals surface area contributed by atoms with Gasteiger partial charge < -0.3 is 9.84 Å². The lowest BCUT2D eigenvalue weighted by Gasteiger charge is -2.28. The Balaban J connectivity index is 2.27. The van der Waals surface area contributed by atoms with Crippen molar-refractivity contribution in [1.82, 2.24) is 9.97 Å². The second-order valence-electron chi connectivity index (χ2n) is 4.78. The van der Waals surface area contributed by atoms with Gasteiger partial charge in [-0.1, -0.05) is 19.3 Å². The third kappa shape index (κ3) is 3.30. The third-order valence-corrected chi connectivity index (χ3v) is 4.13. The molecule has 0 spiro atoms. The van der Waals surface area contributed by atoms with Gasteiger partial charge in [0, 0.05) is 13.3 Å². The summed E-state index contributed by atoms with van der Waals surface area (Å²) >= 11 is 3.15. The number of rotatable bonds is 4. The number of aromatic nitrogens is 2. The van der Waals surface area contributed by atoms with Crippen molar-refractivity contribution in [3.63, 3.8) is 0 Å². The minimum atomic E-state index is -1.06. The zero-order valence-corrected chi connectivity index (χ0v) is 12.4. The van der Waals surface area contributed by atoms with E-state index in [1.165, 1.54) is 25.5 Å². The lowest BCUT2D eigenvalue weighted by atomic mass is 9.85. The number of methoxy groups -OCH3 is 1. The highest BCUT2D eigenvalue weighted by atomic mass is 79.9. The van der Waals surface area contributed by atoms with Crippen LogP contribution in [0.15, 0.2) is 10.7 Å². The lowest BCUT2D eigenvalue weighted by molar-refractivity contribution is 0.0285. The van der Waals surface area contributed by atoms with E-state index in [9.17, 15) is 4.79 Å². The molecule has 1 unspecified atom stereocenters. The average molecular weight is 329 g/mol. The maximum atomic E-state index is 11.1. The van der Waals surface area contributed by atoms with E-state index < -0.39 is 5.97 Å². The topological polar surface area (TPSA) is 72.3 Å². The average Bonchev–Trinajstić information content (AvgIpc) is 2.42. The Morgan fingerprint density at radius 2 is 2.16 bits per heavy atom. The molecular formula is C13H17BrN2O3.